The fourth-order valence-corrected chi connectivity index (χ4v) is 3.29. The summed E-state index contributed by atoms with van der Waals surface area (Å²) in [5.41, 5.74) is 1.61. The Morgan fingerprint density at radius 3 is 2.77 bits per heavy atom. The molecule has 0 radical (unpaired) electrons. The van der Waals surface area contributed by atoms with Crippen LogP contribution >= 0.6 is 0 Å². The van der Waals surface area contributed by atoms with E-state index in [1.165, 1.54) is 0 Å². The number of guanidine groups is 1. The van der Waals surface area contributed by atoms with E-state index in [4.69, 9.17) is 9.47 Å². The molecule has 0 spiro atoms. The minimum absolute atomic E-state index is 0.0792. The number of hydrogen-bond acceptors (Lipinski definition) is 4. The van der Waals surface area contributed by atoms with Gasteiger partial charge in [0.25, 0.3) is 5.91 Å². The number of nitrogens with zero attached hydrogens (tertiary/aromatic N) is 1. The molecule has 0 bridgehead atoms. The number of rotatable bonds is 10. The van der Waals surface area contributed by atoms with Crippen molar-refractivity contribution in [1.29, 1.82) is 0 Å². The Hall–Kier alpha value is -3.06. The lowest BCUT2D eigenvalue weighted by atomic mass is 10.1. The lowest BCUT2D eigenvalue weighted by Gasteiger charge is -2.13. The summed E-state index contributed by atoms with van der Waals surface area (Å²) >= 11 is 0. The van der Waals surface area contributed by atoms with E-state index in [0.717, 1.165) is 37.3 Å². The molecular weight excluding hydrogens is 392 g/mol. The molecule has 1 heterocycles. The molecule has 7 heteroatoms. The summed E-state index contributed by atoms with van der Waals surface area (Å²) in [4.78, 5) is 17.1. The van der Waals surface area contributed by atoms with E-state index in [0.29, 0.717) is 37.8 Å². The van der Waals surface area contributed by atoms with Crippen LogP contribution in [0.1, 0.15) is 35.7 Å². The van der Waals surface area contributed by atoms with Gasteiger partial charge in [-0.3, -0.25) is 4.79 Å². The normalized spacial score (nSPS) is 16.0. The Labute approximate surface area is 184 Å². The van der Waals surface area contributed by atoms with Crippen molar-refractivity contribution in [2.24, 2.45) is 4.99 Å². The maximum Gasteiger partial charge on any atom is 0.251 e. The van der Waals surface area contributed by atoms with Crippen LogP contribution in [0.3, 0.4) is 0 Å². The van der Waals surface area contributed by atoms with Crippen molar-refractivity contribution in [2.45, 2.75) is 32.4 Å². The molecule has 0 aliphatic carbocycles. The van der Waals surface area contributed by atoms with E-state index in [1.54, 1.807) is 0 Å². The van der Waals surface area contributed by atoms with Crippen LogP contribution in [0.4, 0.5) is 0 Å². The Morgan fingerprint density at radius 1 is 1.13 bits per heavy atom. The van der Waals surface area contributed by atoms with E-state index < -0.39 is 0 Å². The van der Waals surface area contributed by atoms with Crippen LogP contribution in [-0.2, 0) is 11.3 Å². The molecular formula is C24H32N4O3. The van der Waals surface area contributed by atoms with Gasteiger partial charge in [0, 0.05) is 25.3 Å². The van der Waals surface area contributed by atoms with Crippen molar-refractivity contribution in [2.75, 3.05) is 32.8 Å². The molecule has 1 aliphatic heterocycles. The third kappa shape index (κ3) is 7.94. The predicted octanol–water partition coefficient (Wildman–Crippen LogP) is 2.73. The van der Waals surface area contributed by atoms with Crippen LogP contribution in [0, 0.1) is 0 Å². The van der Waals surface area contributed by atoms with Gasteiger partial charge >= 0.3 is 0 Å². The van der Waals surface area contributed by atoms with E-state index in [9.17, 15) is 4.79 Å². The Kier molecular flexibility index (Phi) is 9.19. The van der Waals surface area contributed by atoms with E-state index in [1.807, 2.05) is 61.5 Å². The highest BCUT2D eigenvalue weighted by molar-refractivity contribution is 5.94. The fraction of sp³-hybridized carbons (Fsp3) is 0.417. The van der Waals surface area contributed by atoms with Gasteiger partial charge in [-0.15, -0.1) is 0 Å². The summed E-state index contributed by atoms with van der Waals surface area (Å²) < 4.78 is 11.3. The fourth-order valence-electron chi connectivity index (χ4n) is 3.29. The number of carbonyl (C=O) groups excluding carboxylic acids is 1. The average molecular weight is 425 g/mol. The molecule has 2 aromatic carbocycles. The van der Waals surface area contributed by atoms with Crippen LogP contribution in [0.25, 0.3) is 0 Å². The van der Waals surface area contributed by atoms with Gasteiger partial charge in [0.2, 0.25) is 0 Å². The van der Waals surface area contributed by atoms with E-state index in [-0.39, 0.29) is 12.0 Å². The van der Waals surface area contributed by atoms with Crippen molar-refractivity contribution in [3.63, 3.8) is 0 Å². The molecule has 1 fully saturated rings. The number of carbonyl (C=O) groups is 1. The number of ether oxygens (including phenoxy) is 2. The molecule has 31 heavy (non-hydrogen) atoms. The number of benzene rings is 2. The minimum atomic E-state index is -0.0792. The van der Waals surface area contributed by atoms with E-state index >= 15 is 0 Å². The average Bonchev–Trinajstić information content (AvgIpc) is 3.33. The molecule has 1 aliphatic rings. The zero-order valence-corrected chi connectivity index (χ0v) is 18.1. The minimum Gasteiger partial charge on any atom is -0.492 e. The number of hydrogen-bond donors (Lipinski definition) is 3. The van der Waals surface area contributed by atoms with Gasteiger partial charge in [-0.25, -0.2) is 4.99 Å². The van der Waals surface area contributed by atoms with Crippen molar-refractivity contribution in [1.82, 2.24) is 16.0 Å². The van der Waals surface area contributed by atoms with Gasteiger partial charge in [-0.05, 0) is 49.6 Å². The summed E-state index contributed by atoms with van der Waals surface area (Å²) in [6.07, 6.45) is 2.21. The quantitative estimate of drug-likeness (QED) is 0.310. The number of para-hydroxylation sites is 1. The second-order valence-electron chi connectivity index (χ2n) is 7.33. The molecule has 7 nitrogen and oxygen atoms in total. The van der Waals surface area contributed by atoms with Gasteiger partial charge in [0.1, 0.15) is 12.4 Å². The molecule has 166 valence electrons. The van der Waals surface area contributed by atoms with Crippen LogP contribution in [0.15, 0.2) is 59.6 Å². The van der Waals surface area contributed by atoms with Crippen molar-refractivity contribution >= 4 is 11.9 Å². The topological polar surface area (TPSA) is 84.0 Å². The number of aliphatic imine (C=N–C) groups is 1. The molecule has 3 rings (SSSR count). The molecule has 3 N–H and O–H groups in total. The molecule has 1 amide bonds. The molecule has 0 aromatic heterocycles. The lowest BCUT2D eigenvalue weighted by Crippen LogP contribution is -2.39. The zero-order chi connectivity index (χ0) is 21.7. The first-order valence-electron chi connectivity index (χ1n) is 10.9. The molecule has 0 saturated carbocycles. The smallest absolute Gasteiger partial charge is 0.251 e. The lowest BCUT2D eigenvalue weighted by molar-refractivity contribution is 0.0857. The first-order valence-corrected chi connectivity index (χ1v) is 10.9. The standard InChI is InChI=1S/C24H32N4O3/c1-2-25-24(26-13-15-31-21-10-4-3-5-11-21)28-17-19-8-6-9-20(16-19)23(29)27-18-22-12-7-14-30-22/h3-6,8-11,16,22H,2,7,12-15,17-18H2,1H3,(H,27,29)(H2,25,26,28). The van der Waals surface area contributed by atoms with Crippen LogP contribution in [0.2, 0.25) is 0 Å². The SMILES string of the molecule is CCNC(=NCc1cccc(C(=O)NCC2CCCO2)c1)NCCOc1ccccc1. The highest BCUT2D eigenvalue weighted by Crippen LogP contribution is 2.12. The Bertz CT molecular complexity index is 836. The third-order valence-electron chi connectivity index (χ3n) is 4.87. The van der Waals surface area contributed by atoms with Crippen molar-refractivity contribution in [3.05, 3.63) is 65.7 Å². The second-order valence-corrected chi connectivity index (χ2v) is 7.33. The van der Waals surface area contributed by atoms with Crippen LogP contribution in [0.5, 0.6) is 5.75 Å². The Morgan fingerprint density at radius 2 is 2.00 bits per heavy atom. The summed E-state index contributed by atoms with van der Waals surface area (Å²) in [6.45, 7) is 5.77. The van der Waals surface area contributed by atoms with Crippen LogP contribution in [-0.4, -0.2) is 50.8 Å². The Balaban J connectivity index is 1.47. The zero-order valence-electron chi connectivity index (χ0n) is 18.1. The maximum atomic E-state index is 12.4. The monoisotopic (exact) mass is 424 g/mol. The summed E-state index contributed by atoms with van der Waals surface area (Å²) in [7, 11) is 0. The third-order valence-corrected chi connectivity index (χ3v) is 4.87. The predicted molar refractivity (Wildman–Crippen MR) is 123 cm³/mol. The first-order chi connectivity index (χ1) is 15.2. The first kappa shape index (κ1) is 22.6. The molecule has 1 unspecified atom stereocenters. The number of amides is 1. The van der Waals surface area contributed by atoms with Crippen molar-refractivity contribution in [3.8, 4) is 5.75 Å². The van der Waals surface area contributed by atoms with E-state index in [2.05, 4.69) is 20.9 Å². The van der Waals surface area contributed by atoms with Gasteiger partial charge in [0.05, 0.1) is 19.2 Å². The van der Waals surface area contributed by atoms with Gasteiger partial charge in [0.15, 0.2) is 5.96 Å². The summed E-state index contributed by atoms with van der Waals surface area (Å²) in [5, 5.41) is 9.46. The van der Waals surface area contributed by atoms with Crippen molar-refractivity contribution < 1.29 is 14.3 Å². The highest BCUT2D eigenvalue weighted by atomic mass is 16.5. The number of nitrogens with one attached hydrogen (secondary N) is 3. The molecule has 1 atom stereocenters. The van der Waals surface area contributed by atoms with Gasteiger partial charge < -0.3 is 25.4 Å². The van der Waals surface area contributed by atoms with Gasteiger partial charge in [-0.1, -0.05) is 30.3 Å². The largest absolute Gasteiger partial charge is 0.492 e. The van der Waals surface area contributed by atoms with Crippen LogP contribution < -0.4 is 20.7 Å². The van der Waals surface area contributed by atoms with Gasteiger partial charge in [-0.2, -0.15) is 0 Å². The summed E-state index contributed by atoms with van der Waals surface area (Å²) in [5.74, 6) is 1.48. The molecule has 1 saturated heterocycles. The second kappa shape index (κ2) is 12.6. The highest BCUT2D eigenvalue weighted by Gasteiger charge is 2.16. The summed E-state index contributed by atoms with van der Waals surface area (Å²) in [6, 6.07) is 17.3. The maximum absolute atomic E-state index is 12.4. The molecule has 2 aromatic rings.